The molecule has 2 aromatic rings. The Morgan fingerprint density at radius 3 is 2.58 bits per heavy atom. The SMILES string of the molecule is O=C(Nc1c(F)cccc1Br)c1ccc(F)cc1I. The van der Waals surface area contributed by atoms with Crippen LogP contribution in [0.2, 0.25) is 0 Å². The summed E-state index contributed by atoms with van der Waals surface area (Å²) in [5.74, 6) is -1.46. The van der Waals surface area contributed by atoms with E-state index in [1.165, 1.54) is 30.3 Å². The number of rotatable bonds is 2. The molecule has 0 heterocycles. The summed E-state index contributed by atoms with van der Waals surface area (Å²) in [4.78, 5) is 12.0. The summed E-state index contributed by atoms with van der Waals surface area (Å²) < 4.78 is 27.4. The molecule has 0 aliphatic heterocycles. The van der Waals surface area contributed by atoms with Crippen molar-refractivity contribution in [1.82, 2.24) is 0 Å². The summed E-state index contributed by atoms with van der Waals surface area (Å²) in [6, 6.07) is 8.18. The lowest BCUT2D eigenvalue weighted by atomic mass is 10.2. The molecule has 19 heavy (non-hydrogen) atoms. The topological polar surface area (TPSA) is 29.1 Å². The molecule has 0 unspecified atom stereocenters. The molecule has 0 aliphatic rings. The van der Waals surface area contributed by atoms with Gasteiger partial charge in [0, 0.05) is 8.04 Å². The number of carbonyl (C=O) groups is 1. The van der Waals surface area contributed by atoms with Crippen LogP contribution in [-0.2, 0) is 0 Å². The monoisotopic (exact) mass is 437 g/mol. The smallest absolute Gasteiger partial charge is 0.256 e. The van der Waals surface area contributed by atoms with Gasteiger partial charge in [0.15, 0.2) is 0 Å². The average molecular weight is 438 g/mol. The zero-order valence-electron chi connectivity index (χ0n) is 9.38. The van der Waals surface area contributed by atoms with Gasteiger partial charge in [-0.1, -0.05) is 6.07 Å². The number of amides is 1. The van der Waals surface area contributed by atoms with Crippen LogP contribution in [-0.4, -0.2) is 5.91 Å². The van der Waals surface area contributed by atoms with Crippen molar-refractivity contribution in [3.05, 3.63) is 61.6 Å². The van der Waals surface area contributed by atoms with Crippen LogP contribution in [0.1, 0.15) is 10.4 Å². The minimum Gasteiger partial charge on any atom is -0.318 e. The molecule has 2 nitrogen and oxygen atoms in total. The molecule has 0 bridgehead atoms. The second kappa shape index (κ2) is 5.96. The third kappa shape index (κ3) is 3.30. The number of benzene rings is 2. The molecular weight excluding hydrogens is 431 g/mol. The van der Waals surface area contributed by atoms with E-state index in [0.29, 0.717) is 8.04 Å². The second-order valence-electron chi connectivity index (χ2n) is 3.67. The Labute approximate surface area is 130 Å². The molecule has 6 heteroatoms. The highest BCUT2D eigenvalue weighted by atomic mass is 127. The molecule has 1 N–H and O–H groups in total. The van der Waals surface area contributed by atoms with E-state index in [9.17, 15) is 13.6 Å². The van der Waals surface area contributed by atoms with Crippen LogP contribution in [0.4, 0.5) is 14.5 Å². The van der Waals surface area contributed by atoms with Gasteiger partial charge in [-0.2, -0.15) is 0 Å². The van der Waals surface area contributed by atoms with Crippen molar-refractivity contribution in [2.45, 2.75) is 0 Å². The van der Waals surface area contributed by atoms with E-state index in [-0.39, 0.29) is 11.3 Å². The van der Waals surface area contributed by atoms with Crippen LogP contribution in [0.25, 0.3) is 0 Å². The predicted molar refractivity (Wildman–Crippen MR) is 81.2 cm³/mol. The molecule has 0 saturated carbocycles. The lowest BCUT2D eigenvalue weighted by Crippen LogP contribution is -2.15. The molecule has 0 aliphatic carbocycles. The van der Waals surface area contributed by atoms with Gasteiger partial charge >= 0.3 is 0 Å². The third-order valence-electron chi connectivity index (χ3n) is 2.38. The zero-order valence-corrected chi connectivity index (χ0v) is 13.1. The number of anilines is 1. The molecule has 1 amide bonds. The minimum atomic E-state index is -0.542. The van der Waals surface area contributed by atoms with Gasteiger partial charge in [-0.05, 0) is 68.9 Å². The maximum atomic E-state index is 13.6. The highest BCUT2D eigenvalue weighted by molar-refractivity contribution is 14.1. The molecule has 2 rings (SSSR count). The van der Waals surface area contributed by atoms with E-state index in [0.717, 1.165) is 0 Å². The van der Waals surface area contributed by atoms with Crippen LogP contribution in [0.5, 0.6) is 0 Å². The predicted octanol–water partition coefficient (Wildman–Crippen LogP) is 4.58. The van der Waals surface area contributed by atoms with Crippen molar-refractivity contribution in [3.8, 4) is 0 Å². The number of carbonyl (C=O) groups excluding carboxylic acids is 1. The Morgan fingerprint density at radius 2 is 1.95 bits per heavy atom. The molecule has 0 atom stereocenters. The van der Waals surface area contributed by atoms with E-state index < -0.39 is 17.5 Å². The van der Waals surface area contributed by atoms with Gasteiger partial charge in [-0.25, -0.2) is 8.78 Å². The highest BCUT2D eigenvalue weighted by Crippen LogP contribution is 2.26. The summed E-state index contributed by atoms with van der Waals surface area (Å²) in [6.45, 7) is 0. The molecule has 0 aromatic heterocycles. The van der Waals surface area contributed by atoms with Crippen molar-refractivity contribution in [1.29, 1.82) is 0 Å². The van der Waals surface area contributed by atoms with E-state index in [4.69, 9.17) is 0 Å². The first-order chi connectivity index (χ1) is 8.99. The standard InChI is InChI=1S/C13H7BrF2INO/c14-9-2-1-3-10(16)12(9)18-13(19)8-5-4-7(15)6-11(8)17/h1-6H,(H,18,19). The number of hydrogen-bond donors (Lipinski definition) is 1. The van der Waals surface area contributed by atoms with E-state index in [1.807, 2.05) is 22.6 Å². The van der Waals surface area contributed by atoms with E-state index in [1.54, 1.807) is 6.07 Å². The second-order valence-corrected chi connectivity index (χ2v) is 5.69. The lowest BCUT2D eigenvalue weighted by molar-refractivity contribution is 0.102. The van der Waals surface area contributed by atoms with Gasteiger partial charge in [0.1, 0.15) is 11.6 Å². The van der Waals surface area contributed by atoms with Crippen LogP contribution in [0.3, 0.4) is 0 Å². The Morgan fingerprint density at radius 1 is 1.21 bits per heavy atom. The van der Waals surface area contributed by atoms with Crippen LogP contribution >= 0.6 is 38.5 Å². The fourth-order valence-corrected chi connectivity index (χ4v) is 2.64. The van der Waals surface area contributed by atoms with Gasteiger partial charge in [-0.3, -0.25) is 4.79 Å². The summed E-state index contributed by atoms with van der Waals surface area (Å²) in [5, 5.41) is 2.47. The lowest BCUT2D eigenvalue weighted by Gasteiger charge is -2.09. The Bertz CT molecular complexity index is 628. The van der Waals surface area contributed by atoms with Gasteiger partial charge in [-0.15, -0.1) is 0 Å². The van der Waals surface area contributed by atoms with E-state index >= 15 is 0 Å². The minimum absolute atomic E-state index is 0.0626. The first-order valence-electron chi connectivity index (χ1n) is 5.19. The first-order valence-corrected chi connectivity index (χ1v) is 7.06. The van der Waals surface area contributed by atoms with Crippen molar-refractivity contribution >= 4 is 50.1 Å². The maximum Gasteiger partial charge on any atom is 0.256 e. The fourth-order valence-electron chi connectivity index (χ4n) is 1.47. The molecule has 0 fully saturated rings. The largest absolute Gasteiger partial charge is 0.318 e. The summed E-state index contributed by atoms with van der Waals surface area (Å²) in [6.07, 6.45) is 0. The number of nitrogens with one attached hydrogen (secondary N) is 1. The molecule has 2 aromatic carbocycles. The summed E-state index contributed by atoms with van der Waals surface area (Å²) >= 11 is 5.02. The van der Waals surface area contributed by atoms with Crippen molar-refractivity contribution in [2.75, 3.05) is 5.32 Å². The number of hydrogen-bond acceptors (Lipinski definition) is 1. The fraction of sp³-hybridized carbons (Fsp3) is 0. The highest BCUT2D eigenvalue weighted by Gasteiger charge is 2.14. The van der Waals surface area contributed by atoms with Gasteiger partial charge in [0.05, 0.1) is 11.3 Å². The Balaban J connectivity index is 2.31. The van der Waals surface area contributed by atoms with Crippen molar-refractivity contribution in [2.24, 2.45) is 0 Å². The van der Waals surface area contributed by atoms with Crippen LogP contribution < -0.4 is 5.32 Å². The first kappa shape index (κ1) is 14.4. The van der Waals surface area contributed by atoms with E-state index in [2.05, 4.69) is 21.2 Å². The van der Waals surface area contributed by atoms with Crippen LogP contribution in [0.15, 0.2) is 40.9 Å². The number of halogens is 4. The average Bonchev–Trinajstić information content (AvgIpc) is 2.33. The summed E-state index contributed by atoms with van der Waals surface area (Å²) in [7, 11) is 0. The molecule has 0 saturated heterocycles. The molecular formula is C13H7BrF2INO. The Hall–Kier alpha value is -1.02. The van der Waals surface area contributed by atoms with Gasteiger partial charge in [0.2, 0.25) is 0 Å². The molecule has 0 radical (unpaired) electrons. The Kier molecular flexibility index (Phi) is 4.51. The molecule has 98 valence electrons. The quantitative estimate of drug-likeness (QED) is 0.684. The number of para-hydroxylation sites is 1. The third-order valence-corrected chi connectivity index (χ3v) is 3.93. The van der Waals surface area contributed by atoms with Crippen molar-refractivity contribution < 1.29 is 13.6 Å². The van der Waals surface area contributed by atoms with Gasteiger partial charge < -0.3 is 5.32 Å². The van der Waals surface area contributed by atoms with Crippen LogP contribution in [0, 0.1) is 15.2 Å². The molecule has 0 spiro atoms. The maximum absolute atomic E-state index is 13.6. The van der Waals surface area contributed by atoms with Gasteiger partial charge in [0.25, 0.3) is 5.91 Å². The normalized spacial score (nSPS) is 10.3. The zero-order chi connectivity index (χ0) is 14.0. The van der Waals surface area contributed by atoms with Crippen molar-refractivity contribution in [3.63, 3.8) is 0 Å². The summed E-state index contributed by atoms with van der Waals surface area (Å²) in [5.41, 5.74) is 0.352.